The molecule has 0 saturated carbocycles. The highest BCUT2D eigenvalue weighted by Gasteiger charge is 2.11. The summed E-state index contributed by atoms with van der Waals surface area (Å²) in [7, 11) is 0. The first-order valence-corrected chi connectivity index (χ1v) is 10.6. The summed E-state index contributed by atoms with van der Waals surface area (Å²) in [5.74, 6) is 0.649. The highest BCUT2D eigenvalue weighted by atomic mass is 35.5. The van der Waals surface area contributed by atoms with Gasteiger partial charge in [-0.25, -0.2) is 0 Å². The molecule has 0 aliphatic carbocycles. The highest BCUT2D eigenvalue weighted by molar-refractivity contribution is 6.32. The molecule has 1 amide bonds. The second-order valence-corrected chi connectivity index (χ2v) is 7.47. The van der Waals surface area contributed by atoms with E-state index in [9.17, 15) is 10.1 Å². The predicted molar refractivity (Wildman–Crippen MR) is 127 cm³/mol. The molecule has 5 nitrogen and oxygen atoms in total. The number of amides is 1. The fourth-order valence-corrected chi connectivity index (χ4v) is 3.24. The number of hydrogen-bond acceptors (Lipinski definition) is 4. The molecule has 0 bridgehead atoms. The average Bonchev–Trinajstić information content (AvgIpc) is 2.79. The van der Waals surface area contributed by atoms with Crippen LogP contribution in [0.1, 0.15) is 18.1 Å². The minimum absolute atomic E-state index is 0.0516. The summed E-state index contributed by atoms with van der Waals surface area (Å²) in [5.41, 5.74) is 1.98. The second kappa shape index (κ2) is 11.2. The van der Waals surface area contributed by atoms with Crippen molar-refractivity contribution in [3.63, 3.8) is 0 Å². The molecular formula is C25H20Cl2N2O3. The minimum atomic E-state index is -0.526. The smallest absolute Gasteiger partial charge is 0.266 e. The summed E-state index contributed by atoms with van der Waals surface area (Å²) >= 11 is 12.3. The van der Waals surface area contributed by atoms with Gasteiger partial charge in [0, 0.05) is 16.3 Å². The van der Waals surface area contributed by atoms with Crippen LogP contribution in [0, 0.1) is 11.3 Å². The zero-order valence-corrected chi connectivity index (χ0v) is 18.8. The quantitative estimate of drug-likeness (QED) is 0.303. The van der Waals surface area contributed by atoms with Gasteiger partial charge in [0.05, 0.1) is 11.6 Å². The third kappa shape index (κ3) is 6.27. The van der Waals surface area contributed by atoms with Crippen molar-refractivity contribution in [3.05, 3.63) is 93.5 Å². The van der Waals surface area contributed by atoms with Crippen LogP contribution in [0.15, 0.2) is 72.3 Å². The first kappa shape index (κ1) is 23.2. The van der Waals surface area contributed by atoms with E-state index < -0.39 is 5.91 Å². The van der Waals surface area contributed by atoms with Crippen LogP contribution in [0.25, 0.3) is 6.08 Å². The van der Waals surface area contributed by atoms with Crippen LogP contribution in [0.2, 0.25) is 10.0 Å². The Kier molecular flexibility index (Phi) is 8.15. The van der Waals surface area contributed by atoms with Crippen LogP contribution in [0.5, 0.6) is 11.5 Å². The van der Waals surface area contributed by atoms with E-state index in [0.29, 0.717) is 46.0 Å². The fraction of sp³-hybridized carbons (Fsp3) is 0.120. The first-order valence-electron chi connectivity index (χ1n) is 9.82. The second-order valence-electron chi connectivity index (χ2n) is 6.65. The maximum Gasteiger partial charge on any atom is 0.266 e. The maximum atomic E-state index is 12.5. The van der Waals surface area contributed by atoms with Crippen LogP contribution in [0.3, 0.4) is 0 Å². The van der Waals surface area contributed by atoms with Gasteiger partial charge in [0.25, 0.3) is 5.91 Å². The Morgan fingerprint density at radius 1 is 1.03 bits per heavy atom. The van der Waals surface area contributed by atoms with Gasteiger partial charge in [0.2, 0.25) is 0 Å². The number of ether oxygens (including phenoxy) is 2. The normalized spacial score (nSPS) is 10.9. The molecule has 0 heterocycles. The number of nitrogens with zero attached hydrogens (tertiary/aromatic N) is 1. The van der Waals surface area contributed by atoms with Gasteiger partial charge in [0.15, 0.2) is 0 Å². The Morgan fingerprint density at radius 2 is 1.78 bits per heavy atom. The molecule has 0 aliphatic heterocycles. The van der Waals surface area contributed by atoms with E-state index in [1.807, 2.05) is 31.2 Å². The van der Waals surface area contributed by atoms with Gasteiger partial charge in [-0.3, -0.25) is 4.79 Å². The molecule has 0 radical (unpaired) electrons. The molecule has 32 heavy (non-hydrogen) atoms. The third-order valence-electron chi connectivity index (χ3n) is 4.40. The van der Waals surface area contributed by atoms with E-state index in [-0.39, 0.29) is 5.57 Å². The summed E-state index contributed by atoms with van der Waals surface area (Å²) in [6, 6.07) is 21.3. The van der Waals surface area contributed by atoms with E-state index in [1.54, 1.807) is 48.5 Å². The highest BCUT2D eigenvalue weighted by Crippen LogP contribution is 2.26. The number of rotatable bonds is 8. The summed E-state index contributed by atoms with van der Waals surface area (Å²) < 4.78 is 11.1. The Bertz CT molecular complexity index is 1170. The number of nitriles is 1. The molecule has 3 rings (SSSR count). The number of carbonyl (C=O) groups excluding carboxylic acids is 1. The lowest BCUT2D eigenvalue weighted by Crippen LogP contribution is -2.13. The number of benzene rings is 3. The van der Waals surface area contributed by atoms with Crippen molar-refractivity contribution in [3.8, 4) is 17.6 Å². The van der Waals surface area contributed by atoms with Crippen LogP contribution in [-0.4, -0.2) is 12.5 Å². The van der Waals surface area contributed by atoms with Crippen molar-refractivity contribution in [2.24, 2.45) is 0 Å². The molecule has 1 N–H and O–H groups in total. The number of anilines is 1. The molecule has 7 heteroatoms. The van der Waals surface area contributed by atoms with Crippen LogP contribution >= 0.6 is 23.2 Å². The summed E-state index contributed by atoms with van der Waals surface area (Å²) in [6.07, 6.45) is 1.47. The molecular weight excluding hydrogens is 447 g/mol. The lowest BCUT2D eigenvalue weighted by atomic mass is 10.1. The molecule has 0 spiro atoms. The molecule has 0 fully saturated rings. The Hall–Kier alpha value is -3.46. The Balaban J connectivity index is 1.64. The third-order valence-corrected chi connectivity index (χ3v) is 5.06. The maximum absolute atomic E-state index is 12.5. The van der Waals surface area contributed by atoms with Gasteiger partial charge in [-0.05, 0) is 61.0 Å². The predicted octanol–water partition coefficient (Wildman–Crippen LogP) is 6.52. The monoisotopic (exact) mass is 466 g/mol. The fourth-order valence-electron chi connectivity index (χ4n) is 2.80. The summed E-state index contributed by atoms with van der Waals surface area (Å²) in [6.45, 7) is 2.68. The summed E-state index contributed by atoms with van der Waals surface area (Å²) in [5, 5.41) is 13.2. The van der Waals surface area contributed by atoms with Crippen molar-refractivity contribution in [1.29, 1.82) is 5.26 Å². The molecule has 0 unspecified atom stereocenters. The topological polar surface area (TPSA) is 71.3 Å². The lowest BCUT2D eigenvalue weighted by molar-refractivity contribution is -0.112. The molecule has 3 aromatic carbocycles. The van der Waals surface area contributed by atoms with Gasteiger partial charge < -0.3 is 14.8 Å². The molecule has 3 aromatic rings. The number of halogens is 2. The molecule has 0 saturated heterocycles. The van der Waals surface area contributed by atoms with Crippen molar-refractivity contribution in [1.82, 2.24) is 0 Å². The Morgan fingerprint density at radius 3 is 2.44 bits per heavy atom. The number of hydrogen-bond donors (Lipinski definition) is 1. The van der Waals surface area contributed by atoms with E-state index >= 15 is 0 Å². The molecule has 0 aromatic heterocycles. The van der Waals surface area contributed by atoms with E-state index in [0.717, 1.165) is 5.56 Å². The van der Waals surface area contributed by atoms with Gasteiger partial charge >= 0.3 is 0 Å². The average molecular weight is 467 g/mol. The standard InChI is InChI=1S/C25H20Cl2N2O3/c1-2-31-24-12-7-17(14-23(24)27)13-19(15-28)25(30)29-20-8-10-21(11-9-20)32-16-18-5-3-4-6-22(18)26/h3-14H,2,16H2,1H3,(H,29,30)/b19-13+. The number of carbonyl (C=O) groups is 1. The largest absolute Gasteiger partial charge is 0.492 e. The number of nitrogens with one attached hydrogen (secondary N) is 1. The first-order chi connectivity index (χ1) is 15.5. The summed E-state index contributed by atoms with van der Waals surface area (Å²) in [4.78, 5) is 12.5. The van der Waals surface area contributed by atoms with Gasteiger partial charge in [-0.1, -0.05) is 47.5 Å². The van der Waals surface area contributed by atoms with Crippen molar-refractivity contribution < 1.29 is 14.3 Å². The lowest BCUT2D eigenvalue weighted by Gasteiger charge is -2.09. The Labute approximate surface area is 196 Å². The van der Waals surface area contributed by atoms with Crippen LogP contribution < -0.4 is 14.8 Å². The SMILES string of the molecule is CCOc1ccc(/C=C(\C#N)C(=O)Nc2ccc(OCc3ccccc3Cl)cc2)cc1Cl. The molecule has 0 aliphatic rings. The van der Waals surface area contributed by atoms with Gasteiger partial charge in [0.1, 0.15) is 29.7 Å². The van der Waals surface area contributed by atoms with Gasteiger partial charge in [-0.15, -0.1) is 0 Å². The van der Waals surface area contributed by atoms with Crippen molar-refractivity contribution >= 4 is 40.9 Å². The van der Waals surface area contributed by atoms with Crippen molar-refractivity contribution in [2.75, 3.05) is 11.9 Å². The molecule has 0 atom stereocenters. The van der Waals surface area contributed by atoms with Crippen LogP contribution in [-0.2, 0) is 11.4 Å². The van der Waals surface area contributed by atoms with Crippen molar-refractivity contribution in [2.45, 2.75) is 13.5 Å². The minimum Gasteiger partial charge on any atom is -0.492 e. The van der Waals surface area contributed by atoms with E-state index in [2.05, 4.69) is 5.32 Å². The van der Waals surface area contributed by atoms with E-state index in [4.69, 9.17) is 32.7 Å². The zero-order valence-electron chi connectivity index (χ0n) is 17.3. The van der Waals surface area contributed by atoms with E-state index in [1.165, 1.54) is 6.08 Å². The molecule has 162 valence electrons. The van der Waals surface area contributed by atoms with Crippen LogP contribution in [0.4, 0.5) is 5.69 Å². The van der Waals surface area contributed by atoms with Gasteiger partial charge in [-0.2, -0.15) is 5.26 Å². The zero-order chi connectivity index (χ0) is 22.9.